The lowest BCUT2D eigenvalue weighted by atomic mass is 10.1. The number of methoxy groups -OCH3 is 1. The van der Waals surface area contributed by atoms with E-state index in [0.29, 0.717) is 33.8 Å². The van der Waals surface area contributed by atoms with E-state index in [9.17, 15) is 9.59 Å². The Balaban J connectivity index is 1.94. The van der Waals surface area contributed by atoms with E-state index >= 15 is 0 Å². The number of benzene rings is 2. The molecule has 0 aromatic heterocycles. The number of carbonyl (C=O) groups excluding carboxylic acids is 2. The van der Waals surface area contributed by atoms with Crippen LogP contribution in [0, 0.1) is 0 Å². The average molecular weight is 462 g/mol. The highest BCUT2D eigenvalue weighted by Gasteiger charge is 2.12. The van der Waals surface area contributed by atoms with Gasteiger partial charge in [0, 0.05) is 5.69 Å². The quantitative estimate of drug-likeness (QED) is 0.336. The van der Waals surface area contributed by atoms with Gasteiger partial charge in [-0.1, -0.05) is 25.1 Å². The molecule has 0 fully saturated rings. The van der Waals surface area contributed by atoms with Crippen LogP contribution in [0.25, 0.3) is 0 Å². The molecule has 2 N–H and O–H groups in total. The van der Waals surface area contributed by atoms with Gasteiger partial charge in [0.2, 0.25) is 11.8 Å². The summed E-state index contributed by atoms with van der Waals surface area (Å²) in [7, 11) is 1.54. The molecule has 2 aromatic rings. The first kappa shape index (κ1) is 22.4. The van der Waals surface area contributed by atoms with Crippen LogP contribution in [0.1, 0.15) is 31.4 Å². The van der Waals surface area contributed by atoms with E-state index in [-0.39, 0.29) is 6.42 Å². The minimum atomic E-state index is -0.510. The Kier molecular flexibility index (Phi) is 8.67. The molecule has 0 atom stereocenters. The van der Waals surface area contributed by atoms with E-state index in [1.165, 1.54) is 6.21 Å². The summed E-state index contributed by atoms with van der Waals surface area (Å²) in [6, 6.07) is 11.0. The second-order valence-corrected chi connectivity index (χ2v) is 6.85. The predicted octanol–water partition coefficient (Wildman–Crippen LogP) is 3.90. The maximum absolute atomic E-state index is 12.1. The minimum Gasteiger partial charge on any atom is -0.493 e. The van der Waals surface area contributed by atoms with Crippen LogP contribution >= 0.6 is 15.9 Å². The second kappa shape index (κ2) is 11.2. The van der Waals surface area contributed by atoms with Crippen LogP contribution < -0.4 is 20.2 Å². The monoisotopic (exact) mass is 461 g/mol. The molecule has 154 valence electrons. The summed E-state index contributed by atoms with van der Waals surface area (Å²) in [6.07, 6.45) is 1.92. The van der Waals surface area contributed by atoms with E-state index in [2.05, 4.69) is 31.8 Å². The number of hydrogen-bond acceptors (Lipinski definition) is 5. The van der Waals surface area contributed by atoms with Gasteiger partial charge in [-0.2, -0.15) is 5.10 Å². The first-order chi connectivity index (χ1) is 14.0. The standard InChI is InChI=1S/C21H24BrN3O4/c1-4-15-8-6-7-9-17(15)24-19(26)12-20(27)25-23-13-14-10-16(22)21(29-5-2)18(11-14)28-3/h6-11,13H,4-5,12H2,1-3H3,(H,24,26)(H,25,27). The number of rotatable bonds is 9. The molecule has 0 heterocycles. The molecule has 2 amide bonds. The number of halogens is 1. The molecule has 0 spiro atoms. The molecular weight excluding hydrogens is 438 g/mol. The van der Waals surface area contributed by atoms with Crippen LogP contribution in [-0.2, 0) is 16.0 Å². The van der Waals surface area contributed by atoms with Gasteiger partial charge in [-0.25, -0.2) is 5.43 Å². The largest absolute Gasteiger partial charge is 0.493 e. The van der Waals surface area contributed by atoms with Gasteiger partial charge >= 0.3 is 0 Å². The van der Waals surface area contributed by atoms with Crippen molar-refractivity contribution in [2.24, 2.45) is 5.10 Å². The Morgan fingerprint density at radius 2 is 1.93 bits per heavy atom. The normalized spacial score (nSPS) is 10.6. The van der Waals surface area contributed by atoms with Gasteiger partial charge in [-0.15, -0.1) is 0 Å². The van der Waals surface area contributed by atoms with Crippen molar-refractivity contribution < 1.29 is 19.1 Å². The number of anilines is 1. The zero-order valence-corrected chi connectivity index (χ0v) is 18.2. The summed E-state index contributed by atoms with van der Waals surface area (Å²) in [6.45, 7) is 4.39. The van der Waals surface area contributed by atoms with Crippen LogP contribution in [0.4, 0.5) is 5.69 Å². The van der Waals surface area contributed by atoms with Gasteiger partial charge in [-0.05, 0) is 58.6 Å². The maximum atomic E-state index is 12.1. The molecule has 29 heavy (non-hydrogen) atoms. The molecule has 0 radical (unpaired) electrons. The van der Waals surface area contributed by atoms with Crippen LogP contribution in [0.2, 0.25) is 0 Å². The molecule has 2 rings (SSSR count). The molecule has 0 aliphatic heterocycles. The van der Waals surface area contributed by atoms with Gasteiger partial charge in [0.05, 0.1) is 24.4 Å². The number of nitrogens with one attached hydrogen (secondary N) is 2. The summed E-state index contributed by atoms with van der Waals surface area (Å²) in [5, 5.41) is 6.66. The van der Waals surface area contributed by atoms with E-state index < -0.39 is 11.8 Å². The third-order valence-electron chi connectivity index (χ3n) is 3.94. The summed E-state index contributed by atoms with van der Waals surface area (Å²) in [5.74, 6) is 0.233. The number of ether oxygens (including phenoxy) is 2. The predicted molar refractivity (Wildman–Crippen MR) is 117 cm³/mol. The van der Waals surface area contributed by atoms with Gasteiger partial charge < -0.3 is 14.8 Å². The van der Waals surface area contributed by atoms with E-state index in [0.717, 1.165) is 12.0 Å². The SMILES string of the molecule is CCOc1c(Br)cc(C=NNC(=O)CC(=O)Nc2ccccc2CC)cc1OC. The summed E-state index contributed by atoms with van der Waals surface area (Å²) >= 11 is 3.43. The Morgan fingerprint density at radius 1 is 1.17 bits per heavy atom. The second-order valence-electron chi connectivity index (χ2n) is 6.00. The molecule has 8 heteroatoms. The van der Waals surface area contributed by atoms with Crippen LogP contribution in [0.5, 0.6) is 11.5 Å². The Bertz CT molecular complexity index is 899. The molecule has 0 aliphatic rings. The van der Waals surface area contributed by atoms with E-state index in [1.54, 1.807) is 19.2 Å². The lowest BCUT2D eigenvalue weighted by molar-refractivity contribution is -0.126. The molecular formula is C21H24BrN3O4. The first-order valence-electron chi connectivity index (χ1n) is 9.18. The fourth-order valence-electron chi connectivity index (χ4n) is 2.61. The number of carbonyl (C=O) groups is 2. The number of hydrazone groups is 1. The minimum absolute atomic E-state index is 0.328. The molecule has 0 aliphatic carbocycles. The Hall–Kier alpha value is -2.87. The zero-order valence-electron chi connectivity index (χ0n) is 16.6. The van der Waals surface area contributed by atoms with Crippen LogP contribution in [0.15, 0.2) is 46.0 Å². The number of para-hydroxylation sites is 1. The zero-order chi connectivity index (χ0) is 21.2. The average Bonchev–Trinajstić information content (AvgIpc) is 2.70. The highest BCUT2D eigenvalue weighted by molar-refractivity contribution is 9.10. The molecule has 2 aromatic carbocycles. The first-order valence-corrected chi connectivity index (χ1v) is 9.97. The number of aryl methyl sites for hydroxylation is 1. The van der Waals surface area contributed by atoms with Crippen molar-refractivity contribution in [2.45, 2.75) is 26.7 Å². The van der Waals surface area contributed by atoms with Crippen molar-refractivity contribution >= 4 is 39.6 Å². The fraction of sp³-hybridized carbons (Fsp3) is 0.286. The van der Waals surface area contributed by atoms with Crippen molar-refractivity contribution in [3.8, 4) is 11.5 Å². The molecule has 7 nitrogen and oxygen atoms in total. The van der Waals surface area contributed by atoms with Crippen molar-refractivity contribution in [1.29, 1.82) is 0 Å². The van der Waals surface area contributed by atoms with Crippen LogP contribution in [-0.4, -0.2) is 31.7 Å². The summed E-state index contributed by atoms with van der Waals surface area (Å²) < 4.78 is 11.6. The highest BCUT2D eigenvalue weighted by Crippen LogP contribution is 2.36. The smallest absolute Gasteiger partial charge is 0.249 e. The molecule has 0 unspecified atom stereocenters. The number of amides is 2. The highest BCUT2D eigenvalue weighted by atomic mass is 79.9. The lowest BCUT2D eigenvalue weighted by Gasteiger charge is -2.12. The maximum Gasteiger partial charge on any atom is 0.249 e. The fourth-order valence-corrected chi connectivity index (χ4v) is 3.18. The Labute approximate surface area is 178 Å². The van der Waals surface area contributed by atoms with Gasteiger partial charge in [0.25, 0.3) is 0 Å². The molecule has 0 saturated heterocycles. The third-order valence-corrected chi connectivity index (χ3v) is 4.53. The van der Waals surface area contributed by atoms with Crippen LogP contribution in [0.3, 0.4) is 0 Å². The summed E-state index contributed by atoms with van der Waals surface area (Å²) in [4.78, 5) is 24.1. The van der Waals surface area contributed by atoms with Gasteiger partial charge in [0.15, 0.2) is 11.5 Å². The van der Waals surface area contributed by atoms with Crippen molar-refractivity contribution in [2.75, 3.05) is 19.0 Å². The van der Waals surface area contributed by atoms with Crippen molar-refractivity contribution in [3.63, 3.8) is 0 Å². The van der Waals surface area contributed by atoms with Crippen molar-refractivity contribution in [1.82, 2.24) is 5.43 Å². The van der Waals surface area contributed by atoms with E-state index in [1.807, 2.05) is 38.1 Å². The lowest BCUT2D eigenvalue weighted by Crippen LogP contribution is -2.25. The molecule has 0 saturated carbocycles. The topological polar surface area (TPSA) is 89.0 Å². The van der Waals surface area contributed by atoms with Gasteiger partial charge in [-0.3, -0.25) is 9.59 Å². The Morgan fingerprint density at radius 3 is 2.62 bits per heavy atom. The van der Waals surface area contributed by atoms with Gasteiger partial charge in [0.1, 0.15) is 6.42 Å². The summed E-state index contributed by atoms with van der Waals surface area (Å²) in [5.41, 5.74) is 4.77. The van der Waals surface area contributed by atoms with E-state index in [4.69, 9.17) is 9.47 Å². The number of hydrogen-bond donors (Lipinski definition) is 2. The molecule has 0 bridgehead atoms. The van der Waals surface area contributed by atoms with Crippen molar-refractivity contribution in [3.05, 3.63) is 52.0 Å². The number of nitrogens with zero attached hydrogens (tertiary/aromatic N) is 1. The third kappa shape index (κ3) is 6.60.